The fourth-order valence-electron chi connectivity index (χ4n) is 6.00. The molecule has 0 aromatic carbocycles. The van der Waals surface area contributed by atoms with Gasteiger partial charge in [0.2, 0.25) is 11.8 Å². The monoisotopic (exact) mass is 490 g/mol. The van der Waals surface area contributed by atoms with Crippen molar-refractivity contribution in [1.82, 2.24) is 9.80 Å². The molecule has 8 nitrogen and oxygen atoms in total. The van der Waals surface area contributed by atoms with Crippen LogP contribution in [-0.2, 0) is 23.9 Å². The summed E-state index contributed by atoms with van der Waals surface area (Å²) in [6, 6.07) is -0.774. The third-order valence-electron chi connectivity index (χ3n) is 7.60. The third-order valence-corrected chi connectivity index (χ3v) is 7.60. The van der Waals surface area contributed by atoms with Crippen LogP contribution in [-0.4, -0.2) is 83.3 Å². The minimum absolute atomic E-state index is 0.0209. The van der Waals surface area contributed by atoms with E-state index < -0.39 is 35.6 Å². The minimum Gasteiger partial charge on any atom is -0.465 e. The summed E-state index contributed by atoms with van der Waals surface area (Å²) in [5.41, 5.74) is -1.01. The highest BCUT2D eigenvalue weighted by Crippen LogP contribution is 2.58. The highest BCUT2D eigenvalue weighted by molar-refractivity contribution is 5.98. The second-order valence-corrected chi connectivity index (χ2v) is 9.90. The lowest BCUT2D eigenvalue weighted by atomic mass is 9.70. The Balaban J connectivity index is 1.88. The van der Waals surface area contributed by atoms with E-state index in [-0.39, 0.29) is 25.0 Å². The molecule has 0 radical (unpaired) electrons. The molecule has 0 saturated carbocycles. The Kier molecular flexibility index (Phi) is 9.92. The first-order valence-corrected chi connectivity index (χ1v) is 13.2. The van der Waals surface area contributed by atoms with Crippen LogP contribution in [0.5, 0.6) is 0 Å². The van der Waals surface area contributed by atoms with Gasteiger partial charge in [-0.15, -0.1) is 13.2 Å². The first kappa shape index (κ1) is 27.4. The van der Waals surface area contributed by atoms with Crippen molar-refractivity contribution >= 4 is 17.8 Å². The number of unbranched alkanes of at least 4 members (excludes halogenated alkanes) is 4. The smallest absolute Gasteiger partial charge is 0.312 e. The zero-order valence-corrected chi connectivity index (χ0v) is 21.2. The van der Waals surface area contributed by atoms with E-state index in [9.17, 15) is 19.5 Å². The van der Waals surface area contributed by atoms with Gasteiger partial charge in [0.05, 0.1) is 24.5 Å². The number of allylic oxidation sites excluding steroid dienone is 1. The van der Waals surface area contributed by atoms with Crippen LogP contribution in [0.4, 0.5) is 0 Å². The van der Waals surface area contributed by atoms with Crippen molar-refractivity contribution in [2.75, 3.05) is 32.8 Å². The molecule has 2 bridgehead atoms. The van der Waals surface area contributed by atoms with Crippen LogP contribution in [0.1, 0.15) is 64.7 Å². The molecule has 3 rings (SSSR count). The molecular formula is C27H42N2O6. The first-order chi connectivity index (χ1) is 17.0. The van der Waals surface area contributed by atoms with E-state index in [1.54, 1.807) is 22.0 Å². The molecular weight excluding hydrogens is 448 g/mol. The predicted octanol–water partition coefficient (Wildman–Crippen LogP) is 2.85. The van der Waals surface area contributed by atoms with Crippen LogP contribution in [0.3, 0.4) is 0 Å². The Hall–Kier alpha value is -2.19. The Labute approximate surface area is 209 Å². The average molecular weight is 491 g/mol. The zero-order valence-electron chi connectivity index (χ0n) is 21.2. The van der Waals surface area contributed by atoms with Crippen LogP contribution in [0.2, 0.25) is 0 Å². The summed E-state index contributed by atoms with van der Waals surface area (Å²) < 4.78 is 12.0. The normalized spacial score (nSPS) is 28.7. The number of fused-ring (bicyclic) bond motifs is 1. The quantitative estimate of drug-likeness (QED) is 0.203. The molecule has 0 aromatic rings. The maximum Gasteiger partial charge on any atom is 0.312 e. The van der Waals surface area contributed by atoms with E-state index in [1.165, 1.54) is 0 Å². The fourth-order valence-corrected chi connectivity index (χ4v) is 6.00. The summed E-state index contributed by atoms with van der Waals surface area (Å²) in [4.78, 5) is 44.3. The number of hydrogen-bond acceptors (Lipinski definition) is 6. The van der Waals surface area contributed by atoms with Gasteiger partial charge in [0.15, 0.2) is 0 Å². The number of ether oxygens (including phenoxy) is 2. The lowest BCUT2D eigenvalue weighted by Gasteiger charge is -2.36. The average Bonchev–Trinajstić information content (AvgIpc) is 3.49. The molecule has 2 unspecified atom stereocenters. The van der Waals surface area contributed by atoms with Gasteiger partial charge in [-0.3, -0.25) is 14.4 Å². The van der Waals surface area contributed by atoms with E-state index in [2.05, 4.69) is 20.1 Å². The lowest BCUT2D eigenvalue weighted by Crippen LogP contribution is -2.56. The summed E-state index contributed by atoms with van der Waals surface area (Å²) >= 11 is 0. The second-order valence-electron chi connectivity index (χ2n) is 9.90. The SMILES string of the molecule is C=CCCCOC(=O)[C@@H]1[C@H]2C(=O)N(CCCCO)C(C(=O)N(CC=C)CCCCC)C23CC[C@H]1O3. The molecule has 2 amide bonds. The fraction of sp³-hybridized carbons (Fsp3) is 0.741. The maximum absolute atomic E-state index is 14.0. The van der Waals surface area contributed by atoms with Gasteiger partial charge in [-0.05, 0) is 44.9 Å². The number of rotatable bonds is 16. The molecule has 0 aromatic heterocycles. The van der Waals surface area contributed by atoms with E-state index in [0.717, 1.165) is 25.7 Å². The topological polar surface area (TPSA) is 96.4 Å². The van der Waals surface area contributed by atoms with Crippen molar-refractivity contribution < 1.29 is 29.0 Å². The second kappa shape index (κ2) is 12.7. The highest BCUT2D eigenvalue weighted by atomic mass is 16.6. The third kappa shape index (κ3) is 5.48. The van der Waals surface area contributed by atoms with Gasteiger partial charge in [-0.25, -0.2) is 0 Å². The molecule has 8 heteroatoms. The standard InChI is InChI=1S/C27H42N2O6/c1-4-7-9-16-28(15-6-3)25(32)23-27-14-13-20(35-27)21(26(33)34-19-12-8-5-2)22(27)24(31)29(23)17-10-11-18-30/h5-6,20-23,30H,2-4,7-19H2,1H3/t20-,21+,22+,23?,27?/m1/s1. The van der Waals surface area contributed by atoms with Gasteiger partial charge in [-0.2, -0.15) is 0 Å². The van der Waals surface area contributed by atoms with Crippen molar-refractivity contribution in [2.24, 2.45) is 11.8 Å². The summed E-state index contributed by atoms with van der Waals surface area (Å²) in [6.07, 6.45) is 9.74. The molecule has 196 valence electrons. The number of nitrogens with zero attached hydrogens (tertiary/aromatic N) is 2. The Morgan fingerprint density at radius 3 is 2.71 bits per heavy atom. The van der Waals surface area contributed by atoms with Gasteiger partial charge in [-0.1, -0.05) is 31.9 Å². The molecule has 3 fully saturated rings. The van der Waals surface area contributed by atoms with Gasteiger partial charge in [0.1, 0.15) is 11.6 Å². The summed E-state index contributed by atoms with van der Waals surface area (Å²) in [5.74, 6) is -2.15. The molecule has 35 heavy (non-hydrogen) atoms. The minimum atomic E-state index is -1.01. The number of carbonyl (C=O) groups is 3. The summed E-state index contributed by atoms with van der Waals surface area (Å²) in [7, 11) is 0. The molecule has 1 spiro atoms. The van der Waals surface area contributed by atoms with E-state index >= 15 is 0 Å². The van der Waals surface area contributed by atoms with Crippen LogP contribution >= 0.6 is 0 Å². The number of amides is 2. The van der Waals surface area contributed by atoms with Gasteiger partial charge in [0, 0.05) is 26.2 Å². The van der Waals surface area contributed by atoms with Gasteiger partial charge < -0.3 is 24.4 Å². The number of carbonyl (C=O) groups excluding carboxylic acids is 3. The molecule has 3 heterocycles. The summed E-state index contributed by atoms with van der Waals surface area (Å²) in [5, 5.41) is 9.28. The van der Waals surface area contributed by atoms with Crippen molar-refractivity contribution in [3.8, 4) is 0 Å². The lowest BCUT2D eigenvalue weighted by molar-refractivity contribution is -0.155. The van der Waals surface area contributed by atoms with Crippen molar-refractivity contribution in [1.29, 1.82) is 0 Å². The van der Waals surface area contributed by atoms with E-state index in [1.807, 2.05) is 0 Å². The van der Waals surface area contributed by atoms with Crippen LogP contribution in [0.25, 0.3) is 0 Å². The van der Waals surface area contributed by atoms with E-state index in [0.29, 0.717) is 51.7 Å². The van der Waals surface area contributed by atoms with Gasteiger partial charge in [0.25, 0.3) is 0 Å². The van der Waals surface area contributed by atoms with Crippen molar-refractivity contribution in [3.63, 3.8) is 0 Å². The van der Waals surface area contributed by atoms with Crippen LogP contribution in [0, 0.1) is 11.8 Å². The molecule has 3 aliphatic heterocycles. The molecule has 5 atom stereocenters. The molecule has 0 aliphatic carbocycles. The number of likely N-dealkylation sites (tertiary alicyclic amines) is 1. The molecule has 3 saturated heterocycles. The number of hydrogen-bond donors (Lipinski definition) is 1. The van der Waals surface area contributed by atoms with Crippen molar-refractivity contribution in [3.05, 3.63) is 25.3 Å². The van der Waals surface area contributed by atoms with Crippen LogP contribution < -0.4 is 0 Å². The van der Waals surface area contributed by atoms with Crippen molar-refractivity contribution in [2.45, 2.75) is 82.5 Å². The molecule has 1 N–H and O–H groups in total. The number of esters is 1. The first-order valence-electron chi connectivity index (χ1n) is 13.2. The Bertz CT molecular complexity index is 786. The summed E-state index contributed by atoms with van der Waals surface area (Å²) in [6.45, 7) is 11.3. The number of aliphatic hydroxyl groups is 1. The number of aliphatic hydroxyl groups excluding tert-OH is 1. The van der Waals surface area contributed by atoms with E-state index in [4.69, 9.17) is 9.47 Å². The zero-order chi connectivity index (χ0) is 25.4. The Morgan fingerprint density at radius 2 is 2.03 bits per heavy atom. The largest absolute Gasteiger partial charge is 0.465 e. The molecule has 3 aliphatic rings. The highest BCUT2D eigenvalue weighted by Gasteiger charge is 2.74. The van der Waals surface area contributed by atoms with Crippen LogP contribution in [0.15, 0.2) is 25.3 Å². The predicted molar refractivity (Wildman–Crippen MR) is 132 cm³/mol. The Morgan fingerprint density at radius 1 is 1.23 bits per heavy atom. The maximum atomic E-state index is 14.0. The van der Waals surface area contributed by atoms with Gasteiger partial charge >= 0.3 is 5.97 Å².